The van der Waals surface area contributed by atoms with E-state index in [0.717, 1.165) is 30.9 Å². The molecule has 1 aromatic carbocycles. The summed E-state index contributed by atoms with van der Waals surface area (Å²) in [4.78, 5) is 14.2. The normalized spacial score (nSPS) is 14.5. The van der Waals surface area contributed by atoms with Crippen LogP contribution in [0, 0.1) is 11.8 Å². The lowest BCUT2D eigenvalue weighted by atomic mass is 9.88. The number of rotatable bonds is 9. The van der Waals surface area contributed by atoms with E-state index in [1.807, 2.05) is 39.2 Å². The highest BCUT2D eigenvalue weighted by atomic mass is 35.5. The van der Waals surface area contributed by atoms with Crippen molar-refractivity contribution in [1.82, 2.24) is 15.5 Å². The topological polar surface area (TPSA) is 62.8 Å². The van der Waals surface area contributed by atoms with Crippen molar-refractivity contribution in [3.05, 3.63) is 23.8 Å². The van der Waals surface area contributed by atoms with Crippen molar-refractivity contribution >= 4 is 30.7 Å². The Kier molecular flexibility index (Phi) is 11.7. The Morgan fingerprint density at radius 2 is 2.00 bits per heavy atom. The van der Waals surface area contributed by atoms with Gasteiger partial charge in [-0.15, -0.1) is 24.8 Å². The molecule has 1 heterocycles. The lowest BCUT2D eigenvalue weighted by molar-refractivity contribution is -0.126. The van der Waals surface area contributed by atoms with E-state index in [0.29, 0.717) is 24.8 Å². The number of amides is 1. The fraction of sp³-hybridized carbons (Fsp3) is 0.611. The molecule has 1 aliphatic heterocycles. The Morgan fingerprint density at radius 3 is 2.54 bits per heavy atom. The molecule has 0 spiro atoms. The third kappa shape index (κ3) is 7.19. The van der Waals surface area contributed by atoms with Crippen LogP contribution in [0.4, 0.5) is 0 Å². The molecule has 1 saturated heterocycles. The fourth-order valence-electron chi connectivity index (χ4n) is 2.51. The third-order valence-electron chi connectivity index (χ3n) is 4.42. The summed E-state index contributed by atoms with van der Waals surface area (Å²) in [5.41, 5.74) is 0.999. The van der Waals surface area contributed by atoms with E-state index >= 15 is 0 Å². The molecule has 1 aromatic rings. The number of likely N-dealkylation sites (N-methyl/N-ethyl adjacent to an activating group) is 1. The van der Waals surface area contributed by atoms with E-state index in [2.05, 4.69) is 15.5 Å². The van der Waals surface area contributed by atoms with Crippen molar-refractivity contribution in [3.63, 3.8) is 0 Å². The quantitative estimate of drug-likeness (QED) is 0.654. The molecule has 0 saturated carbocycles. The van der Waals surface area contributed by atoms with Crippen LogP contribution >= 0.6 is 24.8 Å². The molecule has 1 amide bonds. The zero-order valence-electron chi connectivity index (χ0n) is 15.9. The number of ether oxygens (including phenoxy) is 2. The van der Waals surface area contributed by atoms with Crippen LogP contribution in [0.1, 0.15) is 12.5 Å². The lowest BCUT2D eigenvalue weighted by Crippen LogP contribution is -2.49. The number of methoxy groups -OCH3 is 1. The van der Waals surface area contributed by atoms with E-state index < -0.39 is 0 Å². The standard InChI is InChI=1S/C18H29N3O3.2ClH/c1-13(15-11-19-12-15)18(22)20-10-14-5-6-16(17(9-14)23-4)24-8-7-21(2)3;;/h5-6,9,13,15,19H,7-8,10-12H2,1-4H3,(H,20,22);2*1H. The number of benzene rings is 1. The van der Waals surface area contributed by atoms with Gasteiger partial charge in [0.15, 0.2) is 11.5 Å². The summed E-state index contributed by atoms with van der Waals surface area (Å²) < 4.78 is 11.2. The van der Waals surface area contributed by atoms with Gasteiger partial charge in [-0.25, -0.2) is 0 Å². The number of hydrogen-bond acceptors (Lipinski definition) is 5. The maximum Gasteiger partial charge on any atom is 0.223 e. The maximum absolute atomic E-state index is 12.2. The van der Waals surface area contributed by atoms with Gasteiger partial charge in [0.05, 0.1) is 7.11 Å². The summed E-state index contributed by atoms with van der Waals surface area (Å²) in [6, 6.07) is 5.78. The van der Waals surface area contributed by atoms with Crippen LogP contribution in [-0.4, -0.2) is 58.3 Å². The van der Waals surface area contributed by atoms with Crippen LogP contribution in [0.3, 0.4) is 0 Å². The van der Waals surface area contributed by atoms with Gasteiger partial charge in [0.1, 0.15) is 6.61 Å². The van der Waals surface area contributed by atoms with Gasteiger partial charge >= 0.3 is 0 Å². The Balaban J connectivity index is 0.00000312. The average Bonchev–Trinajstić information content (AvgIpc) is 2.51. The van der Waals surface area contributed by atoms with Crippen LogP contribution in [0.5, 0.6) is 11.5 Å². The molecule has 150 valence electrons. The molecule has 0 aliphatic carbocycles. The molecular weight excluding hydrogens is 377 g/mol. The Bertz CT molecular complexity index is 554. The monoisotopic (exact) mass is 407 g/mol. The molecule has 1 unspecified atom stereocenters. The van der Waals surface area contributed by atoms with Gasteiger partial charge in [-0.3, -0.25) is 4.79 Å². The number of carbonyl (C=O) groups excluding carboxylic acids is 1. The predicted octanol–water partition coefficient (Wildman–Crippen LogP) is 1.95. The average molecular weight is 408 g/mol. The van der Waals surface area contributed by atoms with E-state index in [1.165, 1.54) is 0 Å². The first-order valence-corrected chi connectivity index (χ1v) is 8.44. The van der Waals surface area contributed by atoms with Gasteiger partial charge in [0.25, 0.3) is 0 Å². The van der Waals surface area contributed by atoms with Gasteiger partial charge in [-0.2, -0.15) is 0 Å². The molecule has 1 fully saturated rings. The first-order valence-electron chi connectivity index (χ1n) is 8.44. The smallest absolute Gasteiger partial charge is 0.223 e. The fourth-order valence-corrected chi connectivity index (χ4v) is 2.51. The second kappa shape index (κ2) is 12.2. The molecular formula is C18H31Cl2N3O3. The van der Waals surface area contributed by atoms with Crippen LogP contribution in [0.2, 0.25) is 0 Å². The summed E-state index contributed by atoms with van der Waals surface area (Å²) >= 11 is 0. The molecule has 8 heteroatoms. The molecule has 2 N–H and O–H groups in total. The summed E-state index contributed by atoms with van der Waals surface area (Å²) in [5, 5.41) is 6.21. The first-order chi connectivity index (χ1) is 11.5. The molecule has 1 aliphatic rings. The summed E-state index contributed by atoms with van der Waals surface area (Å²) in [7, 11) is 5.64. The molecule has 6 nitrogen and oxygen atoms in total. The van der Waals surface area contributed by atoms with Crippen molar-refractivity contribution in [2.75, 3.05) is 47.4 Å². The van der Waals surface area contributed by atoms with Crippen molar-refractivity contribution in [1.29, 1.82) is 0 Å². The summed E-state index contributed by atoms with van der Waals surface area (Å²) in [6.07, 6.45) is 0. The largest absolute Gasteiger partial charge is 0.493 e. The minimum absolute atomic E-state index is 0. The SMILES string of the molecule is COc1cc(CNC(=O)C(C)C2CNC2)ccc1OCCN(C)C.Cl.Cl. The number of carbonyl (C=O) groups is 1. The molecule has 26 heavy (non-hydrogen) atoms. The second-order valence-electron chi connectivity index (χ2n) is 6.56. The van der Waals surface area contributed by atoms with Gasteiger partial charge in [0.2, 0.25) is 5.91 Å². The summed E-state index contributed by atoms with van der Waals surface area (Å²) in [6.45, 7) is 5.80. The van der Waals surface area contributed by atoms with Crippen LogP contribution in [0.15, 0.2) is 18.2 Å². The minimum atomic E-state index is 0. The minimum Gasteiger partial charge on any atom is -0.493 e. The van der Waals surface area contributed by atoms with Gasteiger partial charge in [-0.1, -0.05) is 13.0 Å². The Hall–Kier alpha value is -1.21. The van der Waals surface area contributed by atoms with E-state index in [9.17, 15) is 4.79 Å². The van der Waals surface area contributed by atoms with E-state index in [4.69, 9.17) is 9.47 Å². The highest BCUT2D eigenvalue weighted by Gasteiger charge is 2.28. The third-order valence-corrected chi connectivity index (χ3v) is 4.42. The highest BCUT2D eigenvalue weighted by Crippen LogP contribution is 2.28. The van der Waals surface area contributed by atoms with Crippen LogP contribution in [-0.2, 0) is 11.3 Å². The van der Waals surface area contributed by atoms with Crippen molar-refractivity contribution < 1.29 is 14.3 Å². The second-order valence-corrected chi connectivity index (χ2v) is 6.56. The zero-order valence-corrected chi connectivity index (χ0v) is 17.5. The number of nitrogens with one attached hydrogen (secondary N) is 2. The molecule has 0 radical (unpaired) electrons. The lowest BCUT2D eigenvalue weighted by Gasteiger charge is -2.31. The molecule has 2 rings (SSSR count). The van der Waals surface area contributed by atoms with Crippen LogP contribution < -0.4 is 20.1 Å². The van der Waals surface area contributed by atoms with Crippen molar-refractivity contribution in [2.24, 2.45) is 11.8 Å². The molecule has 1 atom stereocenters. The highest BCUT2D eigenvalue weighted by molar-refractivity contribution is 5.85. The summed E-state index contributed by atoms with van der Waals surface area (Å²) in [5.74, 6) is 2.01. The number of halogens is 2. The molecule has 0 aromatic heterocycles. The molecule has 0 bridgehead atoms. The first kappa shape index (κ1) is 24.8. The van der Waals surface area contributed by atoms with Gasteiger partial charge in [0, 0.05) is 19.0 Å². The number of nitrogens with zero attached hydrogens (tertiary/aromatic N) is 1. The Morgan fingerprint density at radius 1 is 1.31 bits per heavy atom. The van der Waals surface area contributed by atoms with Crippen molar-refractivity contribution in [3.8, 4) is 11.5 Å². The zero-order chi connectivity index (χ0) is 17.5. The van der Waals surface area contributed by atoms with Gasteiger partial charge in [-0.05, 0) is 50.8 Å². The predicted molar refractivity (Wildman–Crippen MR) is 109 cm³/mol. The van der Waals surface area contributed by atoms with E-state index in [1.54, 1.807) is 7.11 Å². The van der Waals surface area contributed by atoms with Crippen molar-refractivity contribution in [2.45, 2.75) is 13.5 Å². The number of hydrogen-bond donors (Lipinski definition) is 2. The maximum atomic E-state index is 12.2. The van der Waals surface area contributed by atoms with Gasteiger partial charge < -0.3 is 25.0 Å². The Labute approximate surface area is 168 Å². The van der Waals surface area contributed by atoms with Crippen LogP contribution in [0.25, 0.3) is 0 Å². The van der Waals surface area contributed by atoms with E-state index in [-0.39, 0.29) is 36.6 Å².